The van der Waals surface area contributed by atoms with Gasteiger partial charge < -0.3 is 14.4 Å². The van der Waals surface area contributed by atoms with Gasteiger partial charge in [0.15, 0.2) is 17.3 Å². The number of alkyl halides is 3. The van der Waals surface area contributed by atoms with Crippen LogP contribution in [0.2, 0.25) is 0 Å². The Bertz CT molecular complexity index is 1460. The van der Waals surface area contributed by atoms with Crippen LogP contribution in [0.3, 0.4) is 0 Å². The molecule has 0 aliphatic heterocycles. The van der Waals surface area contributed by atoms with Gasteiger partial charge in [0.2, 0.25) is 0 Å². The van der Waals surface area contributed by atoms with Crippen molar-refractivity contribution in [3.8, 4) is 11.4 Å². The van der Waals surface area contributed by atoms with Crippen molar-refractivity contribution in [2.24, 2.45) is 0 Å². The summed E-state index contributed by atoms with van der Waals surface area (Å²) >= 11 is 0. The highest BCUT2D eigenvalue weighted by atomic mass is 19.4. The first-order valence-electron chi connectivity index (χ1n) is 10.7. The average molecular weight is 479 g/mol. The number of hydrogen-bond acceptors (Lipinski definition) is 7. The molecule has 5 rings (SSSR count). The van der Waals surface area contributed by atoms with E-state index in [0.29, 0.717) is 51.9 Å². The minimum atomic E-state index is -4.38. The third-order valence-corrected chi connectivity index (χ3v) is 5.54. The first kappa shape index (κ1) is 22.5. The number of halogens is 3. The molecule has 0 spiro atoms. The Labute approximate surface area is 197 Å². The van der Waals surface area contributed by atoms with Crippen molar-refractivity contribution in [3.05, 3.63) is 83.3 Å². The number of nitrogens with one attached hydrogen (secondary N) is 1. The lowest BCUT2D eigenvalue weighted by Crippen LogP contribution is -2.07. The van der Waals surface area contributed by atoms with Crippen molar-refractivity contribution < 1.29 is 17.7 Å². The normalized spacial score (nSPS) is 11.8. The molecule has 5 aromatic rings. The zero-order valence-corrected chi connectivity index (χ0v) is 18.8. The number of anilines is 1. The molecule has 0 saturated carbocycles. The zero-order valence-electron chi connectivity index (χ0n) is 18.8. The van der Waals surface area contributed by atoms with Crippen LogP contribution in [0.5, 0.6) is 0 Å². The molecule has 0 atom stereocenters. The number of aromatic nitrogens is 6. The molecule has 0 fully saturated rings. The Morgan fingerprint density at radius 3 is 2.49 bits per heavy atom. The molecule has 1 aromatic carbocycles. The van der Waals surface area contributed by atoms with Gasteiger partial charge in [0.1, 0.15) is 11.3 Å². The number of rotatable bonds is 6. The Balaban J connectivity index is 1.55. The smallest absolute Gasteiger partial charge is 0.364 e. The largest absolute Gasteiger partial charge is 0.416 e. The van der Waals surface area contributed by atoms with Gasteiger partial charge in [0.25, 0.3) is 0 Å². The van der Waals surface area contributed by atoms with E-state index in [0.717, 1.165) is 17.7 Å². The summed E-state index contributed by atoms with van der Waals surface area (Å²) in [5, 5.41) is 7.31. The molecule has 0 aliphatic carbocycles. The van der Waals surface area contributed by atoms with Crippen LogP contribution in [0.15, 0.2) is 59.6 Å². The van der Waals surface area contributed by atoms with Gasteiger partial charge in [-0.15, -0.1) is 0 Å². The predicted octanol–water partition coefficient (Wildman–Crippen LogP) is 5.17. The summed E-state index contributed by atoms with van der Waals surface area (Å²) in [7, 11) is 0. The van der Waals surface area contributed by atoms with Gasteiger partial charge in [-0.1, -0.05) is 23.4 Å². The number of hydrogen-bond donors (Lipinski definition) is 1. The standard InChI is InChI=1S/C24H20F3N7O/c1-14-19(15(2)35-33-14)21-31-22(29-11-17-4-3-9-28-10-17)20-23(32-21)34(13-30-20)12-16-5-7-18(8-6-16)24(25,26)27/h3-10,13H,11-12H2,1-2H3,(H,29,31,32). The van der Waals surface area contributed by atoms with Crippen molar-refractivity contribution in [1.29, 1.82) is 0 Å². The molecule has 178 valence electrons. The second kappa shape index (κ2) is 8.82. The van der Waals surface area contributed by atoms with Gasteiger partial charge in [-0.25, -0.2) is 15.0 Å². The third kappa shape index (κ3) is 4.57. The summed E-state index contributed by atoms with van der Waals surface area (Å²) in [5.74, 6) is 1.51. The Morgan fingerprint density at radius 2 is 1.83 bits per heavy atom. The van der Waals surface area contributed by atoms with Gasteiger partial charge in [-0.05, 0) is 43.2 Å². The number of benzene rings is 1. The molecule has 4 heterocycles. The second-order valence-corrected chi connectivity index (χ2v) is 8.05. The maximum absolute atomic E-state index is 12.9. The number of fused-ring (bicyclic) bond motifs is 1. The molecule has 1 N–H and O–H groups in total. The van der Waals surface area contributed by atoms with Gasteiger partial charge in [0.05, 0.1) is 29.7 Å². The van der Waals surface area contributed by atoms with Crippen molar-refractivity contribution in [2.45, 2.75) is 33.1 Å². The van der Waals surface area contributed by atoms with Crippen molar-refractivity contribution >= 4 is 17.0 Å². The lowest BCUT2D eigenvalue weighted by atomic mass is 10.1. The molecule has 0 bridgehead atoms. The Kier molecular flexibility index (Phi) is 5.67. The van der Waals surface area contributed by atoms with Gasteiger partial charge in [0, 0.05) is 18.9 Å². The van der Waals surface area contributed by atoms with Crippen LogP contribution >= 0.6 is 0 Å². The zero-order chi connectivity index (χ0) is 24.6. The molecule has 35 heavy (non-hydrogen) atoms. The maximum atomic E-state index is 12.9. The van der Waals surface area contributed by atoms with E-state index in [9.17, 15) is 13.2 Å². The SMILES string of the molecule is Cc1noc(C)c1-c1nc(NCc2cccnc2)c2ncn(Cc3ccc(C(F)(F)F)cc3)c2n1. The van der Waals surface area contributed by atoms with Gasteiger partial charge >= 0.3 is 6.18 Å². The van der Waals surface area contributed by atoms with Crippen LogP contribution in [-0.2, 0) is 19.3 Å². The first-order valence-corrected chi connectivity index (χ1v) is 10.7. The molecule has 4 aromatic heterocycles. The Hall–Kier alpha value is -4.28. The molecule has 11 heteroatoms. The fourth-order valence-electron chi connectivity index (χ4n) is 3.78. The van der Waals surface area contributed by atoms with Crippen LogP contribution < -0.4 is 5.32 Å². The monoisotopic (exact) mass is 479 g/mol. The van der Waals surface area contributed by atoms with E-state index in [1.54, 1.807) is 30.2 Å². The molecule has 0 saturated heterocycles. The van der Waals surface area contributed by atoms with E-state index in [4.69, 9.17) is 14.5 Å². The molecular formula is C24H20F3N7O. The summed E-state index contributed by atoms with van der Waals surface area (Å²) < 4.78 is 45.9. The highest BCUT2D eigenvalue weighted by Gasteiger charge is 2.30. The van der Waals surface area contributed by atoms with E-state index in [-0.39, 0.29) is 6.54 Å². The van der Waals surface area contributed by atoms with Crippen LogP contribution in [0, 0.1) is 13.8 Å². The van der Waals surface area contributed by atoms with Crippen molar-refractivity contribution in [2.75, 3.05) is 5.32 Å². The lowest BCUT2D eigenvalue weighted by Gasteiger charge is -2.11. The molecular weight excluding hydrogens is 459 g/mol. The average Bonchev–Trinajstić information content (AvgIpc) is 3.40. The van der Waals surface area contributed by atoms with Gasteiger partial charge in [-0.2, -0.15) is 13.2 Å². The van der Waals surface area contributed by atoms with E-state index < -0.39 is 11.7 Å². The highest BCUT2D eigenvalue weighted by molar-refractivity contribution is 5.85. The summed E-state index contributed by atoms with van der Waals surface area (Å²) in [6, 6.07) is 8.83. The predicted molar refractivity (Wildman–Crippen MR) is 122 cm³/mol. The quantitative estimate of drug-likeness (QED) is 0.359. The topological polar surface area (TPSA) is 94.5 Å². The fraction of sp³-hybridized carbons (Fsp3) is 0.208. The van der Waals surface area contributed by atoms with Crippen molar-refractivity contribution in [1.82, 2.24) is 29.7 Å². The highest BCUT2D eigenvalue weighted by Crippen LogP contribution is 2.31. The number of pyridine rings is 1. The summed E-state index contributed by atoms with van der Waals surface area (Å²) in [5.41, 5.74) is 3.34. The molecule has 8 nitrogen and oxygen atoms in total. The molecule has 0 aliphatic rings. The summed E-state index contributed by atoms with van der Waals surface area (Å²) in [6.45, 7) is 4.34. The minimum Gasteiger partial charge on any atom is -0.364 e. The third-order valence-electron chi connectivity index (χ3n) is 5.54. The number of imidazole rings is 1. The van der Waals surface area contributed by atoms with E-state index >= 15 is 0 Å². The van der Waals surface area contributed by atoms with Gasteiger partial charge in [-0.3, -0.25) is 4.98 Å². The number of aryl methyl sites for hydroxylation is 2. The fourth-order valence-corrected chi connectivity index (χ4v) is 3.78. The summed E-state index contributed by atoms with van der Waals surface area (Å²) in [6.07, 6.45) is 0.670. The van der Waals surface area contributed by atoms with E-state index in [2.05, 4.69) is 20.4 Å². The van der Waals surface area contributed by atoms with E-state index in [1.807, 2.05) is 19.1 Å². The minimum absolute atomic E-state index is 0.286. The number of nitrogens with zero attached hydrogens (tertiary/aromatic N) is 6. The Morgan fingerprint density at radius 1 is 1.03 bits per heavy atom. The van der Waals surface area contributed by atoms with Crippen molar-refractivity contribution in [3.63, 3.8) is 0 Å². The lowest BCUT2D eigenvalue weighted by molar-refractivity contribution is -0.137. The summed E-state index contributed by atoms with van der Waals surface area (Å²) in [4.78, 5) is 18.0. The maximum Gasteiger partial charge on any atom is 0.416 e. The van der Waals surface area contributed by atoms with Crippen LogP contribution in [-0.4, -0.2) is 29.7 Å². The molecule has 0 radical (unpaired) electrons. The van der Waals surface area contributed by atoms with Crippen LogP contribution in [0.25, 0.3) is 22.6 Å². The molecule has 0 amide bonds. The first-order chi connectivity index (χ1) is 16.8. The van der Waals surface area contributed by atoms with Crippen LogP contribution in [0.1, 0.15) is 28.1 Å². The van der Waals surface area contributed by atoms with Crippen LogP contribution in [0.4, 0.5) is 19.0 Å². The van der Waals surface area contributed by atoms with E-state index in [1.165, 1.54) is 12.1 Å². The second-order valence-electron chi connectivity index (χ2n) is 8.05. The molecule has 0 unspecified atom stereocenters.